The fraction of sp³-hybridized carbons (Fsp3) is 0.250. The molecule has 4 heteroatoms. The third-order valence-corrected chi connectivity index (χ3v) is 2.47. The van der Waals surface area contributed by atoms with Gasteiger partial charge in [-0.15, -0.1) is 0 Å². The van der Waals surface area contributed by atoms with E-state index in [-0.39, 0.29) is 17.8 Å². The minimum absolute atomic E-state index is 0.198. The van der Waals surface area contributed by atoms with Gasteiger partial charge in [0.2, 0.25) is 5.91 Å². The SMILES string of the molecule is C=CC(=O)NCC1Cc2cccc(F)c2O1. The number of benzene rings is 1. The quantitative estimate of drug-likeness (QED) is 0.784. The van der Waals surface area contributed by atoms with Gasteiger partial charge in [0.25, 0.3) is 0 Å². The summed E-state index contributed by atoms with van der Waals surface area (Å²) < 4.78 is 18.7. The number of hydrogen-bond donors (Lipinski definition) is 1. The third-order valence-electron chi connectivity index (χ3n) is 2.47. The molecular weight excluding hydrogens is 209 g/mol. The molecule has 1 aliphatic heterocycles. The van der Waals surface area contributed by atoms with E-state index in [2.05, 4.69) is 11.9 Å². The number of ether oxygens (including phenoxy) is 1. The Morgan fingerprint density at radius 3 is 3.19 bits per heavy atom. The molecule has 3 nitrogen and oxygen atoms in total. The number of fused-ring (bicyclic) bond motifs is 1. The van der Waals surface area contributed by atoms with Gasteiger partial charge in [0.1, 0.15) is 6.10 Å². The van der Waals surface area contributed by atoms with Gasteiger partial charge in [-0.2, -0.15) is 0 Å². The Balaban J connectivity index is 1.98. The zero-order valence-electron chi connectivity index (χ0n) is 8.70. The maximum atomic E-state index is 13.3. The molecule has 0 radical (unpaired) electrons. The van der Waals surface area contributed by atoms with Crippen molar-refractivity contribution in [3.05, 3.63) is 42.2 Å². The van der Waals surface area contributed by atoms with Crippen molar-refractivity contribution >= 4 is 5.91 Å². The van der Waals surface area contributed by atoms with Crippen LogP contribution in [0, 0.1) is 5.82 Å². The number of hydrogen-bond acceptors (Lipinski definition) is 2. The summed E-state index contributed by atoms with van der Waals surface area (Å²) in [5.41, 5.74) is 0.845. The van der Waals surface area contributed by atoms with Crippen LogP contribution in [0.15, 0.2) is 30.9 Å². The molecule has 1 aliphatic rings. The van der Waals surface area contributed by atoms with E-state index in [4.69, 9.17) is 4.74 Å². The maximum Gasteiger partial charge on any atom is 0.243 e. The van der Waals surface area contributed by atoms with Gasteiger partial charge in [0.05, 0.1) is 6.54 Å². The molecule has 84 valence electrons. The van der Waals surface area contributed by atoms with Gasteiger partial charge in [-0.25, -0.2) is 4.39 Å². The Morgan fingerprint density at radius 2 is 2.50 bits per heavy atom. The molecule has 0 aromatic heterocycles. The molecule has 0 spiro atoms. The average molecular weight is 221 g/mol. The first-order valence-corrected chi connectivity index (χ1v) is 5.05. The zero-order valence-corrected chi connectivity index (χ0v) is 8.70. The second-order valence-electron chi connectivity index (χ2n) is 3.62. The second kappa shape index (κ2) is 4.35. The number of amides is 1. The smallest absolute Gasteiger partial charge is 0.243 e. The molecule has 1 atom stereocenters. The topological polar surface area (TPSA) is 38.3 Å². The van der Waals surface area contributed by atoms with Crippen LogP contribution in [0.5, 0.6) is 5.75 Å². The first kappa shape index (κ1) is 10.7. The van der Waals surface area contributed by atoms with Gasteiger partial charge in [-0.1, -0.05) is 18.7 Å². The van der Waals surface area contributed by atoms with Crippen LogP contribution >= 0.6 is 0 Å². The Bertz CT molecular complexity index is 431. The van der Waals surface area contributed by atoms with Crippen molar-refractivity contribution in [2.24, 2.45) is 0 Å². The van der Waals surface area contributed by atoms with Crippen LogP contribution in [0.1, 0.15) is 5.56 Å². The maximum absolute atomic E-state index is 13.3. The Hall–Kier alpha value is -1.84. The lowest BCUT2D eigenvalue weighted by molar-refractivity contribution is -0.116. The van der Waals surface area contributed by atoms with E-state index in [9.17, 15) is 9.18 Å². The van der Waals surface area contributed by atoms with Gasteiger partial charge in [0.15, 0.2) is 11.6 Å². The van der Waals surface area contributed by atoms with Crippen LogP contribution in [0.2, 0.25) is 0 Å². The van der Waals surface area contributed by atoms with E-state index in [0.29, 0.717) is 18.7 Å². The fourth-order valence-electron chi connectivity index (χ4n) is 1.70. The molecule has 1 amide bonds. The van der Waals surface area contributed by atoms with Crippen LogP contribution in [0.3, 0.4) is 0 Å². The molecule has 1 unspecified atom stereocenters. The highest BCUT2D eigenvalue weighted by molar-refractivity contribution is 5.86. The molecule has 0 aliphatic carbocycles. The van der Waals surface area contributed by atoms with Crippen molar-refractivity contribution in [2.45, 2.75) is 12.5 Å². The van der Waals surface area contributed by atoms with E-state index < -0.39 is 0 Å². The van der Waals surface area contributed by atoms with Crippen molar-refractivity contribution in [1.29, 1.82) is 0 Å². The van der Waals surface area contributed by atoms with E-state index in [1.54, 1.807) is 6.07 Å². The van der Waals surface area contributed by atoms with Crippen LogP contribution in [0.25, 0.3) is 0 Å². The van der Waals surface area contributed by atoms with E-state index >= 15 is 0 Å². The van der Waals surface area contributed by atoms with Crippen LogP contribution < -0.4 is 10.1 Å². The molecule has 1 heterocycles. The summed E-state index contributed by atoms with van der Waals surface area (Å²) in [6.45, 7) is 3.71. The lowest BCUT2D eigenvalue weighted by Gasteiger charge is -2.10. The van der Waals surface area contributed by atoms with Crippen molar-refractivity contribution < 1.29 is 13.9 Å². The monoisotopic (exact) mass is 221 g/mol. The molecule has 16 heavy (non-hydrogen) atoms. The normalized spacial score (nSPS) is 17.4. The fourth-order valence-corrected chi connectivity index (χ4v) is 1.70. The van der Waals surface area contributed by atoms with E-state index in [0.717, 1.165) is 5.56 Å². The highest BCUT2D eigenvalue weighted by Crippen LogP contribution is 2.30. The summed E-state index contributed by atoms with van der Waals surface area (Å²) >= 11 is 0. The zero-order chi connectivity index (χ0) is 11.5. The molecule has 1 aromatic carbocycles. The number of para-hydroxylation sites is 1. The number of nitrogens with one attached hydrogen (secondary N) is 1. The van der Waals surface area contributed by atoms with Gasteiger partial charge in [-0.3, -0.25) is 4.79 Å². The number of halogens is 1. The first-order chi connectivity index (χ1) is 7.70. The molecule has 0 saturated heterocycles. The Labute approximate surface area is 92.9 Å². The lowest BCUT2D eigenvalue weighted by atomic mass is 10.1. The van der Waals surface area contributed by atoms with Gasteiger partial charge < -0.3 is 10.1 Å². The molecule has 0 saturated carbocycles. The van der Waals surface area contributed by atoms with Gasteiger partial charge in [0, 0.05) is 12.0 Å². The number of carbonyl (C=O) groups excluding carboxylic acids is 1. The van der Waals surface area contributed by atoms with Crippen molar-refractivity contribution in [1.82, 2.24) is 5.32 Å². The standard InChI is InChI=1S/C12H12FNO2/c1-2-11(15)14-7-9-6-8-4-3-5-10(13)12(8)16-9/h2-5,9H,1,6-7H2,(H,14,15). The lowest BCUT2D eigenvalue weighted by Crippen LogP contribution is -2.33. The summed E-state index contributed by atoms with van der Waals surface area (Å²) in [6, 6.07) is 4.85. The van der Waals surface area contributed by atoms with E-state index in [1.807, 2.05) is 6.07 Å². The Morgan fingerprint density at radius 1 is 1.69 bits per heavy atom. The first-order valence-electron chi connectivity index (χ1n) is 5.05. The van der Waals surface area contributed by atoms with Gasteiger partial charge in [-0.05, 0) is 12.1 Å². The van der Waals surface area contributed by atoms with Crippen molar-refractivity contribution in [2.75, 3.05) is 6.54 Å². The minimum atomic E-state index is -0.352. The summed E-state index contributed by atoms with van der Waals surface area (Å²) in [5, 5.41) is 2.62. The molecule has 0 fully saturated rings. The highest BCUT2D eigenvalue weighted by Gasteiger charge is 2.25. The van der Waals surface area contributed by atoms with Gasteiger partial charge >= 0.3 is 0 Å². The molecule has 1 aromatic rings. The van der Waals surface area contributed by atoms with Crippen molar-refractivity contribution in [3.63, 3.8) is 0 Å². The Kier molecular flexibility index (Phi) is 2.90. The van der Waals surface area contributed by atoms with E-state index in [1.165, 1.54) is 12.1 Å². The summed E-state index contributed by atoms with van der Waals surface area (Å²) in [7, 11) is 0. The second-order valence-corrected chi connectivity index (χ2v) is 3.62. The minimum Gasteiger partial charge on any atom is -0.485 e. The molecule has 1 N–H and O–H groups in total. The highest BCUT2D eigenvalue weighted by atomic mass is 19.1. The molecule has 0 bridgehead atoms. The number of carbonyl (C=O) groups is 1. The average Bonchev–Trinajstić information content (AvgIpc) is 2.70. The summed E-state index contributed by atoms with van der Waals surface area (Å²) in [6.07, 6.45) is 1.61. The van der Waals surface area contributed by atoms with Crippen LogP contribution in [-0.2, 0) is 11.2 Å². The predicted octanol–water partition coefficient (Wildman–Crippen LogP) is 1.43. The van der Waals surface area contributed by atoms with Crippen LogP contribution in [-0.4, -0.2) is 18.6 Å². The third kappa shape index (κ3) is 2.05. The predicted molar refractivity (Wildman–Crippen MR) is 57.7 cm³/mol. The van der Waals surface area contributed by atoms with Crippen LogP contribution in [0.4, 0.5) is 4.39 Å². The molecule has 2 rings (SSSR count). The molecular formula is C12H12FNO2. The van der Waals surface area contributed by atoms with Crippen molar-refractivity contribution in [3.8, 4) is 5.75 Å². The number of rotatable bonds is 3. The summed E-state index contributed by atoms with van der Waals surface area (Å²) in [5.74, 6) is -0.296. The summed E-state index contributed by atoms with van der Waals surface area (Å²) in [4.78, 5) is 10.9. The largest absolute Gasteiger partial charge is 0.485 e.